The number of aliphatic hydroxyl groups is 1. The van der Waals surface area contributed by atoms with Crippen molar-refractivity contribution in [2.75, 3.05) is 0 Å². The summed E-state index contributed by atoms with van der Waals surface area (Å²) in [5.41, 5.74) is 0.291. The molecule has 0 aliphatic heterocycles. The average molecular weight is 301 g/mol. The summed E-state index contributed by atoms with van der Waals surface area (Å²) >= 11 is 0. The largest absolute Gasteiger partial charge is 0.392 e. The Bertz CT molecular complexity index is 689. The smallest absolute Gasteiger partial charge is 0.244 e. The number of nitrogens with one attached hydrogen (secondary N) is 2. The zero-order chi connectivity index (χ0) is 14.8. The topological polar surface area (TPSA) is 121 Å². The molecule has 10 heteroatoms. The van der Waals surface area contributed by atoms with Gasteiger partial charge in [0.15, 0.2) is 5.82 Å². The molecule has 0 saturated heterocycles. The van der Waals surface area contributed by atoms with Crippen molar-refractivity contribution in [3.63, 3.8) is 0 Å². The molecule has 0 bridgehead atoms. The van der Waals surface area contributed by atoms with Crippen LogP contribution in [0.2, 0.25) is 0 Å². The van der Waals surface area contributed by atoms with Gasteiger partial charge in [-0.05, 0) is 24.6 Å². The molecule has 1 unspecified atom stereocenters. The second-order valence-electron chi connectivity index (χ2n) is 4.04. The summed E-state index contributed by atoms with van der Waals surface area (Å²) in [7, 11) is -4.11. The Kier molecular flexibility index (Phi) is 4.06. The summed E-state index contributed by atoms with van der Waals surface area (Å²) in [5, 5.41) is 21.8. The van der Waals surface area contributed by atoms with Crippen LogP contribution in [0, 0.1) is 5.82 Å². The molecule has 1 aromatic heterocycles. The van der Waals surface area contributed by atoms with Crippen LogP contribution < -0.4 is 4.72 Å². The van der Waals surface area contributed by atoms with Crippen molar-refractivity contribution in [1.29, 1.82) is 0 Å². The highest BCUT2D eigenvalue weighted by Crippen LogP contribution is 2.18. The number of H-pyrrole nitrogens is 1. The number of hydrogen-bond acceptors (Lipinski definition) is 6. The number of aliphatic hydroxyl groups excluding tert-OH is 1. The number of halogens is 1. The van der Waals surface area contributed by atoms with Crippen LogP contribution in [0.4, 0.5) is 4.39 Å². The molecule has 1 atom stereocenters. The SMILES string of the molecule is CC(NS(=O)(=O)c1cc(CO)ccc1F)c1nn[nH]n1. The summed E-state index contributed by atoms with van der Waals surface area (Å²) in [5.74, 6) is -0.776. The van der Waals surface area contributed by atoms with Crippen molar-refractivity contribution in [2.45, 2.75) is 24.5 Å². The van der Waals surface area contributed by atoms with E-state index < -0.39 is 26.8 Å². The highest BCUT2D eigenvalue weighted by molar-refractivity contribution is 7.89. The van der Waals surface area contributed by atoms with Crippen molar-refractivity contribution in [2.24, 2.45) is 0 Å². The first-order valence-electron chi connectivity index (χ1n) is 5.59. The van der Waals surface area contributed by atoms with Crippen LogP contribution in [0.5, 0.6) is 0 Å². The molecule has 2 aromatic rings. The third-order valence-corrected chi connectivity index (χ3v) is 4.10. The number of nitrogens with zero attached hydrogens (tertiary/aromatic N) is 3. The molecular formula is C10H12FN5O3S. The molecule has 2 rings (SSSR count). The molecule has 8 nitrogen and oxygen atoms in total. The van der Waals surface area contributed by atoms with E-state index in [0.29, 0.717) is 5.56 Å². The fourth-order valence-electron chi connectivity index (χ4n) is 1.55. The Hall–Kier alpha value is -1.91. The number of hydrogen-bond donors (Lipinski definition) is 3. The van der Waals surface area contributed by atoms with Crippen molar-refractivity contribution >= 4 is 10.0 Å². The minimum absolute atomic E-state index is 0.132. The number of benzene rings is 1. The zero-order valence-electron chi connectivity index (χ0n) is 10.4. The molecule has 20 heavy (non-hydrogen) atoms. The Morgan fingerprint density at radius 1 is 1.50 bits per heavy atom. The Balaban J connectivity index is 2.31. The monoisotopic (exact) mass is 301 g/mol. The Morgan fingerprint density at radius 3 is 2.85 bits per heavy atom. The summed E-state index contributed by atoms with van der Waals surface area (Å²) in [6.45, 7) is 1.11. The van der Waals surface area contributed by atoms with Gasteiger partial charge in [-0.3, -0.25) is 0 Å². The molecule has 0 aliphatic carbocycles. The third-order valence-electron chi connectivity index (χ3n) is 2.55. The fourth-order valence-corrected chi connectivity index (χ4v) is 2.88. The van der Waals surface area contributed by atoms with E-state index in [9.17, 15) is 12.8 Å². The summed E-state index contributed by atoms with van der Waals surface area (Å²) in [4.78, 5) is -0.542. The lowest BCUT2D eigenvalue weighted by atomic mass is 10.2. The number of sulfonamides is 1. The zero-order valence-corrected chi connectivity index (χ0v) is 11.2. The summed E-state index contributed by atoms with van der Waals surface area (Å²) in [6, 6.07) is 2.58. The van der Waals surface area contributed by atoms with Crippen molar-refractivity contribution < 1.29 is 17.9 Å². The molecular weight excluding hydrogens is 289 g/mol. The number of rotatable bonds is 5. The fraction of sp³-hybridized carbons (Fsp3) is 0.300. The molecule has 0 saturated carbocycles. The first-order valence-corrected chi connectivity index (χ1v) is 7.07. The number of aromatic nitrogens is 4. The van der Waals surface area contributed by atoms with Crippen LogP contribution in [-0.4, -0.2) is 34.1 Å². The van der Waals surface area contributed by atoms with Gasteiger partial charge in [-0.1, -0.05) is 11.3 Å². The van der Waals surface area contributed by atoms with E-state index in [1.165, 1.54) is 13.0 Å². The second-order valence-corrected chi connectivity index (χ2v) is 5.72. The predicted molar refractivity (Wildman–Crippen MR) is 65.2 cm³/mol. The Morgan fingerprint density at radius 2 is 2.25 bits per heavy atom. The van der Waals surface area contributed by atoms with Gasteiger partial charge in [0.05, 0.1) is 12.6 Å². The lowest BCUT2D eigenvalue weighted by Crippen LogP contribution is -2.28. The highest BCUT2D eigenvalue weighted by Gasteiger charge is 2.24. The van der Waals surface area contributed by atoms with E-state index in [1.807, 2.05) is 0 Å². The molecule has 0 spiro atoms. The van der Waals surface area contributed by atoms with Crippen LogP contribution >= 0.6 is 0 Å². The molecule has 3 N–H and O–H groups in total. The highest BCUT2D eigenvalue weighted by atomic mass is 32.2. The van der Waals surface area contributed by atoms with Gasteiger partial charge in [0.1, 0.15) is 10.7 Å². The second kappa shape index (κ2) is 5.61. The molecule has 0 aliphatic rings. The van der Waals surface area contributed by atoms with Crippen molar-refractivity contribution in [3.8, 4) is 0 Å². The number of tetrazole rings is 1. The van der Waals surface area contributed by atoms with Gasteiger partial charge < -0.3 is 5.11 Å². The maximum Gasteiger partial charge on any atom is 0.244 e. The lowest BCUT2D eigenvalue weighted by molar-refractivity contribution is 0.281. The minimum Gasteiger partial charge on any atom is -0.392 e. The van der Waals surface area contributed by atoms with E-state index in [2.05, 4.69) is 25.3 Å². The van der Waals surface area contributed by atoms with Crippen molar-refractivity contribution in [1.82, 2.24) is 25.3 Å². The Labute approximate surface area is 114 Å². The van der Waals surface area contributed by atoms with E-state index in [-0.39, 0.29) is 12.4 Å². The van der Waals surface area contributed by atoms with Gasteiger partial charge in [0.25, 0.3) is 0 Å². The van der Waals surface area contributed by atoms with Crippen LogP contribution in [0.15, 0.2) is 23.1 Å². The average Bonchev–Trinajstić information content (AvgIpc) is 2.92. The van der Waals surface area contributed by atoms with Gasteiger partial charge in [0.2, 0.25) is 10.0 Å². The minimum atomic E-state index is -4.11. The van der Waals surface area contributed by atoms with E-state index in [1.54, 1.807) is 0 Å². The number of aromatic amines is 1. The standard InChI is InChI=1S/C10H12FN5O3S/c1-6(10-12-15-16-13-10)14-20(18,19)9-4-7(5-17)2-3-8(9)11/h2-4,6,14,17H,5H2,1H3,(H,12,13,15,16). The van der Waals surface area contributed by atoms with Gasteiger partial charge in [-0.15, -0.1) is 10.2 Å². The van der Waals surface area contributed by atoms with Crippen LogP contribution in [0.25, 0.3) is 0 Å². The van der Waals surface area contributed by atoms with Gasteiger partial charge in [-0.2, -0.15) is 5.21 Å². The first-order chi connectivity index (χ1) is 9.44. The van der Waals surface area contributed by atoms with Crippen LogP contribution in [0.1, 0.15) is 24.4 Å². The molecule has 108 valence electrons. The quantitative estimate of drug-likeness (QED) is 0.707. The summed E-state index contributed by atoms with van der Waals surface area (Å²) < 4.78 is 40.1. The van der Waals surface area contributed by atoms with Gasteiger partial charge >= 0.3 is 0 Å². The molecule has 1 aromatic carbocycles. The van der Waals surface area contributed by atoms with Crippen molar-refractivity contribution in [3.05, 3.63) is 35.4 Å². The predicted octanol–water partition coefficient (Wildman–Crippen LogP) is -0.129. The molecule has 0 amide bonds. The molecule has 0 radical (unpaired) electrons. The molecule has 1 heterocycles. The third kappa shape index (κ3) is 2.98. The summed E-state index contributed by atoms with van der Waals surface area (Å²) in [6.07, 6.45) is 0. The van der Waals surface area contributed by atoms with E-state index in [0.717, 1.165) is 12.1 Å². The van der Waals surface area contributed by atoms with Gasteiger partial charge in [0, 0.05) is 0 Å². The lowest BCUT2D eigenvalue weighted by Gasteiger charge is -2.12. The maximum absolute atomic E-state index is 13.6. The maximum atomic E-state index is 13.6. The van der Waals surface area contributed by atoms with Crippen LogP contribution in [0.3, 0.4) is 0 Å². The van der Waals surface area contributed by atoms with E-state index in [4.69, 9.17) is 5.11 Å². The molecule has 0 fully saturated rings. The van der Waals surface area contributed by atoms with Gasteiger partial charge in [-0.25, -0.2) is 17.5 Å². The normalized spacial score (nSPS) is 13.3. The first kappa shape index (κ1) is 14.5. The van der Waals surface area contributed by atoms with E-state index >= 15 is 0 Å². The van der Waals surface area contributed by atoms with Crippen LogP contribution in [-0.2, 0) is 16.6 Å².